The van der Waals surface area contributed by atoms with Gasteiger partial charge in [0.2, 0.25) is 0 Å². The number of hydrogen-bond acceptors (Lipinski definition) is 3. The molecule has 3 heteroatoms. The van der Waals surface area contributed by atoms with Crippen LogP contribution in [0.1, 0.15) is 0 Å². The zero-order valence-corrected chi connectivity index (χ0v) is 6.43. The van der Waals surface area contributed by atoms with Crippen LogP contribution in [0.4, 0.5) is 0 Å². The molecule has 0 fully saturated rings. The molecule has 0 bridgehead atoms. The van der Waals surface area contributed by atoms with Crippen molar-refractivity contribution >= 4 is 24.6 Å². The lowest BCUT2D eigenvalue weighted by Gasteiger charge is -2.04. The van der Waals surface area contributed by atoms with Crippen LogP contribution in [0, 0.1) is 0 Å². The van der Waals surface area contributed by atoms with E-state index in [1.807, 2.05) is 23.1 Å². The van der Waals surface area contributed by atoms with Crippen LogP contribution in [0.3, 0.4) is 0 Å². The van der Waals surface area contributed by atoms with E-state index in [4.69, 9.17) is 0 Å². The fraction of sp³-hybridized carbons (Fsp3) is 1.00. The van der Waals surface area contributed by atoms with Crippen LogP contribution in [-0.2, 0) is 0 Å². The van der Waals surface area contributed by atoms with E-state index >= 15 is 0 Å². The van der Waals surface area contributed by atoms with Crippen molar-refractivity contribution in [3.05, 3.63) is 0 Å². The minimum absolute atomic E-state index is 1.06. The van der Waals surface area contributed by atoms with Gasteiger partial charge in [-0.25, -0.2) is 0 Å². The van der Waals surface area contributed by atoms with Gasteiger partial charge >= 0.3 is 0 Å². The Morgan fingerprint density at radius 2 is 2.29 bits per heavy atom. The van der Waals surface area contributed by atoms with Gasteiger partial charge in [0.05, 0.1) is 0 Å². The molecule has 0 atom stereocenters. The van der Waals surface area contributed by atoms with Gasteiger partial charge in [-0.2, -0.15) is 11.8 Å². The highest BCUT2D eigenvalue weighted by Gasteiger charge is 1.85. The molecule has 0 heterocycles. The molecule has 0 rings (SSSR count). The Hall–Kier alpha value is 0.660. The third-order valence-electron chi connectivity index (χ3n) is 0.619. The first-order valence-corrected chi connectivity index (χ1v) is 3.95. The number of thiol groups is 1. The molecule has 0 aliphatic heterocycles. The van der Waals surface area contributed by atoms with E-state index in [1.165, 1.54) is 5.75 Å². The van der Waals surface area contributed by atoms with Gasteiger partial charge in [0.25, 0.3) is 0 Å². The van der Waals surface area contributed by atoms with Gasteiger partial charge in [-0.05, 0) is 13.3 Å². The summed E-state index contributed by atoms with van der Waals surface area (Å²) in [6, 6.07) is 0. The molecule has 7 heavy (non-hydrogen) atoms. The van der Waals surface area contributed by atoms with Gasteiger partial charge in [-0.15, -0.1) is 0 Å². The lowest BCUT2D eigenvalue weighted by Crippen LogP contribution is -2.08. The third kappa shape index (κ3) is 6.66. The van der Waals surface area contributed by atoms with E-state index in [2.05, 4.69) is 19.1 Å². The van der Waals surface area contributed by atoms with Crippen molar-refractivity contribution in [3.63, 3.8) is 0 Å². The minimum atomic E-state index is 1.06. The molecule has 0 aromatic carbocycles. The maximum absolute atomic E-state index is 4.05. The van der Waals surface area contributed by atoms with Crippen LogP contribution in [0.15, 0.2) is 0 Å². The molecule has 0 amide bonds. The number of rotatable bonds is 3. The lowest BCUT2D eigenvalue weighted by atomic mass is 10.8. The van der Waals surface area contributed by atoms with Crippen molar-refractivity contribution in [3.8, 4) is 0 Å². The zero-order valence-electron chi connectivity index (χ0n) is 4.72. The van der Waals surface area contributed by atoms with Gasteiger partial charge in [-0.1, -0.05) is 12.8 Å². The highest BCUT2D eigenvalue weighted by Crippen LogP contribution is 1.93. The fourth-order valence-electron chi connectivity index (χ4n) is 0.223. The summed E-state index contributed by atoms with van der Waals surface area (Å²) in [5.74, 6) is 1.17. The van der Waals surface area contributed by atoms with Gasteiger partial charge in [0.1, 0.15) is 0 Å². The van der Waals surface area contributed by atoms with Crippen LogP contribution in [0.5, 0.6) is 0 Å². The Balaban J connectivity index is 2.68. The topological polar surface area (TPSA) is 3.24 Å². The fourth-order valence-corrected chi connectivity index (χ4v) is 0.915. The standard InChI is InChI=1S/C4H11NS2/c1-5(6)3-4-7-2/h6H,3-4H2,1-2H3. The van der Waals surface area contributed by atoms with Gasteiger partial charge in [0, 0.05) is 12.3 Å². The molecule has 0 spiro atoms. The number of nitrogens with zero attached hydrogens (tertiary/aromatic N) is 1. The molecule has 0 unspecified atom stereocenters. The summed E-state index contributed by atoms with van der Waals surface area (Å²) in [7, 11) is 1.96. The minimum Gasteiger partial charge on any atom is -0.256 e. The smallest absolute Gasteiger partial charge is 0.0175 e. The first-order chi connectivity index (χ1) is 3.27. The summed E-state index contributed by atoms with van der Waals surface area (Å²) in [6.45, 7) is 1.06. The van der Waals surface area contributed by atoms with E-state index in [9.17, 15) is 0 Å². The van der Waals surface area contributed by atoms with E-state index < -0.39 is 0 Å². The van der Waals surface area contributed by atoms with E-state index in [1.54, 1.807) is 0 Å². The van der Waals surface area contributed by atoms with Crippen LogP contribution in [0.25, 0.3) is 0 Å². The summed E-state index contributed by atoms with van der Waals surface area (Å²) in [6.07, 6.45) is 2.09. The number of hydrogen-bond donors (Lipinski definition) is 1. The molecular weight excluding hydrogens is 126 g/mol. The van der Waals surface area contributed by atoms with Crippen molar-refractivity contribution in [2.24, 2.45) is 0 Å². The normalized spacial score (nSPS) is 10.3. The maximum Gasteiger partial charge on any atom is 0.0175 e. The average Bonchev–Trinajstić information content (AvgIpc) is 1.61. The second-order valence-electron chi connectivity index (χ2n) is 1.37. The highest BCUT2D eigenvalue weighted by atomic mass is 32.2. The Morgan fingerprint density at radius 3 is 2.43 bits per heavy atom. The zero-order chi connectivity index (χ0) is 5.70. The van der Waals surface area contributed by atoms with Crippen molar-refractivity contribution in [1.82, 2.24) is 4.31 Å². The molecule has 0 aliphatic carbocycles. The summed E-state index contributed by atoms with van der Waals surface area (Å²) < 4.78 is 1.89. The van der Waals surface area contributed by atoms with Gasteiger partial charge < -0.3 is 0 Å². The Morgan fingerprint density at radius 1 is 1.71 bits per heavy atom. The third-order valence-corrected chi connectivity index (χ3v) is 1.41. The number of thioether (sulfide) groups is 1. The molecular formula is C4H11NS2. The summed E-state index contributed by atoms with van der Waals surface area (Å²) >= 11 is 5.89. The van der Waals surface area contributed by atoms with Crippen LogP contribution < -0.4 is 0 Å². The summed E-state index contributed by atoms with van der Waals surface area (Å²) in [4.78, 5) is 0. The lowest BCUT2D eigenvalue weighted by molar-refractivity contribution is 0.616. The van der Waals surface area contributed by atoms with Crippen LogP contribution in [0.2, 0.25) is 0 Å². The second kappa shape index (κ2) is 4.81. The van der Waals surface area contributed by atoms with Crippen molar-refractivity contribution in [2.75, 3.05) is 25.6 Å². The molecule has 1 nitrogen and oxygen atoms in total. The van der Waals surface area contributed by atoms with Crippen molar-refractivity contribution in [1.29, 1.82) is 0 Å². The summed E-state index contributed by atoms with van der Waals surface area (Å²) in [5.41, 5.74) is 0. The Labute approximate surface area is 55.0 Å². The second-order valence-corrected chi connectivity index (χ2v) is 3.04. The Kier molecular flexibility index (Phi) is 5.26. The molecule has 0 aromatic heterocycles. The molecule has 0 saturated carbocycles. The highest BCUT2D eigenvalue weighted by molar-refractivity contribution is 7.98. The predicted octanol–water partition coefficient (Wildman–Crippen LogP) is 1.13. The monoisotopic (exact) mass is 137 g/mol. The molecule has 44 valence electrons. The first kappa shape index (κ1) is 7.66. The van der Waals surface area contributed by atoms with Gasteiger partial charge in [-0.3, -0.25) is 4.31 Å². The van der Waals surface area contributed by atoms with Crippen molar-refractivity contribution in [2.45, 2.75) is 0 Å². The van der Waals surface area contributed by atoms with E-state index in [0.717, 1.165) is 6.54 Å². The van der Waals surface area contributed by atoms with E-state index in [-0.39, 0.29) is 0 Å². The van der Waals surface area contributed by atoms with Crippen LogP contribution in [-0.4, -0.2) is 29.9 Å². The first-order valence-electron chi connectivity index (χ1n) is 2.16. The van der Waals surface area contributed by atoms with E-state index in [0.29, 0.717) is 0 Å². The maximum atomic E-state index is 4.05. The summed E-state index contributed by atoms with van der Waals surface area (Å²) in [5, 5.41) is 0. The predicted molar refractivity (Wildman–Crippen MR) is 40.0 cm³/mol. The molecule has 0 aliphatic rings. The largest absolute Gasteiger partial charge is 0.256 e. The molecule has 0 aromatic rings. The van der Waals surface area contributed by atoms with Crippen molar-refractivity contribution < 1.29 is 0 Å². The Bertz CT molecular complexity index is 38.7. The molecule has 0 N–H and O–H groups in total. The SMILES string of the molecule is CSCCN(C)S. The van der Waals surface area contributed by atoms with Crippen LogP contribution >= 0.6 is 24.6 Å². The molecule has 0 radical (unpaired) electrons. The quantitative estimate of drug-likeness (QED) is 0.581. The molecule has 0 saturated heterocycles. The van der Waals surface area contributed by atoms with Gasteiger partial charge in [0.15, 0.2) is 0 Å². The average molecular weight is 137 g/mol.